The summed E-state index contributed by atoms with van der Waals surface area (Å²) < 4.78 is 5.22. The quantitative estimate of drug-likeness (QED) is 0.614. The number of carbonyl (C=O) groups is 2. The molecule has 0 saturated carbocycles. The zero-order valence-corrected chi connectivity index (χ0v) is 15.5. The van der Waals surface area contributed by atoms with E-state index < -0.39 is 12.1 Å². The van der Waals surface area contributed by atoms with Gasteiger partial charge in [0, 0.05) is 0 Å². The lowest BCUT2D eigenvalue weighted by Crippen LogP contribution is -2.43. The van der Waals surface area contributed by atoms with Crippen molar-refractivity contribution in [2.24, 2.45) is 0 Å². The molecule has 0 radical (unpaired) electrons. The topological polar surface area (TPSA) is 55.4 Å². The van der Waals surface area contributed by atoms with E-state index in [0.29, 0.717) is 6.42 Å². The van der Waals surface area contributed by atoms with E-state index in [1.54, 1.807) is 0 Å². The number of hydrogen-bond acceptors (Lipinski definition) is 3. The molecule has 0 heterocycles. The second kappa shape index (κ2) is 9.19. The lowest BCUT2D eigenvalue weighted by atomic mass is 10.00. The molecule has 3 aromatic carbocycles. The van der Waals surface area contributed by atoms with Crippen molar-refractivity contribution in [2.45, 2.75) is 19.1 Å². The van der Waals surface area contributed by atoms with Gasteiger partial charge >= 0.3 is 6.09 Å². The summed E-state index contributed by atoms with van der Waals surface area (Å²) in [5.74, 6) is -0.418. The normalized spacial score (nSPS) is 11.7. The summed E-state index contributed by atoms with van der Waals surface area (Å²) in [7, 11) is 0. The van der Waals surface area contributed by atoms with Crippen molar-refractivity contribution in [3.05, 3.63) is 83.9 Å². The highest BCUT2D eigenvalue weighted by Gasteiger charge is 2.21. The molecule has 0 aliphatic heterocycles. The average molecular weight is 382 g/mol. The van der Waals surface area contributed by atoms with Crippen LogP contribution in [0.15, 0.2) is 72.8 Å². The number of ether oxygens (including phenoxy) is 1. The molecule has 0 bridgehead atoms. The Labute approximate surface area is 163 Å². The van der Waals surface area contributed by atoms with E-state index in [0.717, 1.165) is 21.9 Å². The monoisotopic (exact) mass is 381 g/mol. The maximum Gasteiger partial charge on any atom is 0.408 e. The molecule has 0 saturated heterocycles. The number of fused-ring (bicyclic) bond motifs is 1. The van der Waals surface area contributed by atoms with Crippen LogP contribution in [0.25, 0.3) is 10.8 Å². The number of Topliss-reactive ketones (excluding diaryl/α,β-unsaturated/α-hetero) is 1. The molecule has 1 amide bonds. The molecule has 0 aliphatic rings. The molecule has 3 rings (SSSR count). The third-order valence-corrected chi connectivity index (χ3v) is 4.54. The third-order valence-electron chi connectivity index (χ3n) is 4.28. The van der Waals surface area contributed by atoms with Crippen LogP contribution in [-0.4, -0.2) is 23.8 Å². The van der Waals surface area contributed by atoms with Gasteiger partial charge in [-0.25, -0.2) is 4.79 Å². The van der Waals surface area contributed by atoms with Crippen molar-refractivity contribution in [1.82, 2.24) is 5.32 Å². The van der Waals surface area contributed by atoms with Gasteiger partial charge in [0.15, 0.2) is 5.78 Å². The van der Waals surface area contributed by atoms with Gasteiger partial charge in [0.1, 0.15) is 6.61 Å². The highest BCUT2D eigenvalue weighted by molar-refractivity contribution is 6.28. The van der Waals surface area contributed by atoms with E-state index >= 15 is 0 Å². The molecule has 0 aromatic heterocycles. The summed E-state index contributed by atoms with van der Waals surface area (Å²) in [4.78, 5) is 24.3. The maximum atomic E-state index is 12.2. The average Bonchev–Trinajstić information content (AvgIpc) is 2.72. The van der Waals surface area contributed by atoms with Gasteiger partial charge in [-0.2, -0.15) is 0 Å². The number of nitrogens with one attached hydrogen (secondary N) is 1. The Balaban J connectivity index is 1.65. The van der Waals surface area contributed by atoms with Gasteiger partial charge in [-0.3, -0.25) is 4.79 Å². The van der Waals surface area contributed by atoms with E-state index in [-0.39, 0.29) is 18.3 Å². The van der Waals surface area contributed by atoms with E-state index in [2.05, 4.69) is 5.32 Å². The van der Waals surface area contributed by atoms with Crippen molar-refractivity contribution in [3.63, 3.8) is 0 Å². The van der Waals surface area contributed by atoms with Gasteiger partial charge in [0.25, 0.3) is 0 Å². The summed E-state index contributed by atoms with van der Waals surface area (Å²) in [6.07, 6.45) is -0.278. The van der Waals surface area contributed by atoms with Gasteiger partial charge in [-0.15, -0.1) is 11.6 Å². The molecule has 0 spiro atoms. The predicted octanol–water partition coefficient (Wildman–Crippen LogP) is 4.49. The molecule has 5 heteroatoms. The van der Waals surface area contributed by atoms with Gasteiger partial charge in [0.2, 0.25) is 0 Å². The summed E-state index contributed by atoms with van der Waals surface area (Å²) in [5.41, 5.74) is 1.82. The lowest BCUT2D eigenvalue weighted by molar-refractivity contribution is -0.118. The SMILES string of the molecule is O=C(N[C@@H](Cc1ccc2ccccc2c1)C(=O)CCl)OCc1ccccc1. The summed E-state index contributed by atoms with van der Waals surface area (Å²) >= 11 is 5.72. The second-order valence-corrected chi connectivity index (χ2v) is 6.51. The minimum Gasteiger partial charge on any atom is -0.445 e. The Kier molecular flexibility index (Phi) is 6.44. The fraction of sp³-hybridized carbons (Fsp3) is 0.182. The lowest BCUT2D eigenvalue weighted by Gasteiger charge is -2.17. The molecular weight excluding hydrogens is 362 g/mol. The number of halogens is 1. The molecular formula is C22H20ClNO3. The third kappa shape index (κ3) is 5.31. The Bertz CT molecular complexity index is 927. The molecule has 27 heavy (non-hydrogen) atoms. The van der Waals surface area contributed by atoms with Crippen LogP contribution in [0, 0.1) is 0 Å². The van der Waals surface area contributed by atoms with Gasteiger partial charge in [-0.05, 0) is 28.3 Å². The zero-order chi connectivity index (χ0) is 19.1. The summed E-state index contributed by atoms with van der Waals surface area (Å²) in [6, 6.07) is 22.6. The first-order valence-electron chi connectivity index (χ1n) is 8.69. The van der Waals surface area contributed by atoms with Crippen LogP contribution in [0.2, 0.25) is 0 Å². The number of rotatable bonds is 7. The molecule has 0 fully saturated rings. The van der Waals surface area contributed by atoms with Crippen LogP contribution < -0.4 is 5.32 Å². The molecule has 138 valence electrons. The van der Waals surface area contributed by atoms with Gasteiger partial charge < -0.3 is 10.1 Å². The van der Waals surface area contributed by atoms with Crippen molar-refractivity contribution in [2.75, 3.05) is 5.88 Å². The van der Waals surface area contributed by atoms with Gasteiger partial charge in [0.05, 0.1) is 11.9 Å². The number of carbonyl (C=O) groups excluding carboxylic acids is 2. The van der Waals surface area contributed by atoms with Gasteiger partial charge in [-0.1, -0.05) is 72.8 Å². The molecule has 1 N–H and O–H groups in total. The summed E-state index contributed by atoms with van der Waals surface area (Å²) in [5, 5.41) is 4.84. The Hall–Kier alpha value is -2.85. The van der Waals surface area contributed by atoms with E-state index in [1.807, 2.05) is 72.8 Å². The predicted molar refractivity (Wildman–Crippen MR) is 107 cm³/mol. The Morgan fingerprint density at radius 2 is 1.59 bits per heavy atom. The smallest absolute Gasteiger partial charge is 0.408 e. The number of alkyl carbamates (subject to hydrolysis) is 1. The van der Waals surface area contributed by atoms with Crippen LogP contribution in [0.3, 0.4) is 0 Å². The number of benzene rings is 3. The number of alkyl halides is 1. The maximum absolute atomic E-state index is 12.2. The fourth-order valence-corrected chi connectivity index (χ4v) is 3.03. The van der Waals surface area contributed by atoms with Crippen LogP contribution >= 0.6 is 11.6 Å². The molecule has 1 atom stereocenters. The molecule has 0 unspecified atom stereocenters. The van der Waals surface area contributed by atoms with Crippen molar-refractivity contribution < 1.29 is 14.3 Å². The molecule has 4 nitrogen and oxygen atoms in total. The molecule has 3 aromatic rings. The van der Waals surface area contributed by atoms with E-state index in [4.69, 9.17) is 16.3 Å². The Morgan fingerprint density at radius 3 is 2.33 bits per heavy atom. The van der Waals surface area contributed by atoms with Crippen LogP contribution in [0.5, 0.6) is 0 Å². The minimum absolute atomic E-state index is 0.143. The number of amides is 1. The first-order valence-corrected chi connectivity index (χ1v) is 9.23. The van der Waals surface area contributed by atoms with Crippen molar-refractivity contribution in [3.8, 4) is 0 Å². The minimum atomic E-state index is -0.730. The number of hydrogen-bond donors (Lipinski definition) is 1. The van der Waals surface area contributed by atoms with Crippen LogP contribution in [-0.2, 0) is 22.6 Å². The molecule has 0 aliphatic carbocycles. The van der Waals surface area contributed by atoms with Crippen molar-refractivity contribution >= 4 is 34.2 Å². The second-order valence-electron chi connectivity index (χ2n) is 6.24. The first-order chi connectivity index (χ1) is 13.2. The van der Waals surface area contributed by atoms with E-state index in [1.165, 1.54) is 0 Å². The number of ketones is 1. The van der Waals surface area contributed by atoms with Crippen LogP contribution in [0.1, 0.15) is 11.1 Å². The summed E-state index contributed by atoms with van der Waals surface area (Å²) in [6.45, 7) is 0.143. The fourth-order valence-electron chi connectivity index (χ4n) is 2.85. The Morgan fingerprint density at radius 1 is 0.889 bits per heavy atom. The zero-order valence-electron chi connectivity index (χ0n) is 14.7. The largest absolute Gasteiger partial charge is 0.445 e. The van der Waals surface area contributed by atoms with Crippen LogP contribution in [0.4, 0.5) is 4.79 Å². The standard InChI is InChI=1S/C22H20ClNO3/c23-14-21(25)20(24-22(26)27-15-16-6-2-1-3-7-16)13-17-10-11-18-8-4-5-9-19(18)12-17/h1-12,20H,13-15H2,(H,24,26)/t20-/m0/s1. The first kappa shape index (κ1) is 18.9. The highest BCUT2D eigenvalue weighted by atomic mass is 35.5. The highest BCUT2D eigenvalue weighted by Crippen LogP contribution is 2.17. The van der Waals surface area contributed by atoms with Crippen molar-refractivity contribution in [1.29, 1.82) is 0 Å². The van der Waals surface area contributed by atoms with E-state index in [9.17, 15) is 9.59 Å².